The van der Waals surface area contributed by atoms with Gasteiger partial charge in [0.15, 0.2) is 5.96 Å². The average molecular weight is 587 g/mol. The molecule has 11 N–H and O–H groups in total. The Balaban J connectivity index is 1.73. The minimum absolute atomic E-state index is 0.0530. The van der Waals surface area contributed by atoms with Crippen LogP contribution in [-0.2, 0) is 30.4 Å². The third-order valence-electron chi connectivity index (χ3n) is 6.95. The van der Waals surface area contributed by atoms with Crippen LogP contribution in [0.2, 0.25) is 0 Å². The van der Waals surface area contributed by atoms with Crippen LogP contribution in [0.3, 0.4) is 0 Å². The van der Waals surface area contributed by atoms with Gasteiger partial charge in [-0.05, 0) is 50.3 Å². The van der Waals surface area contributed by atoms with E-state index in [0.717, 1.165) is 17.3 Å². The first-order chi connectivity index (χ1) is 20.0. The highest BCUT2D eigenvalue weighted by atomic mass is 16.4. The number of carbonyl (C=O) groups excluding carboxylic acids is 3. The molecule has 1 aliphatic rings. The smallest absolute Gasteiger partial charge is 0.326 e. The molecule has 15 heteroatoms. The topological polar surface area (TPSA) is 254 Å². The maximum atomic E-state index is 13.3. The Morgan fingerprint density at radius 1 is 0.976 bits per heavy atom. The molecule has 0 spiro atoms. The van der Waals surface area contributed by atoms with E-state index in [1.807, 2.05) is 18.2 Å². The van der Waals surface area contributed by atoms with E-state index in [2.05, 4.69) is 31.2 Å². The molecule has 0 saturated carbocycles. The standard InChI is InChI=1S/C27H38N8O7/c28-27(29)31-12-4-8-19(33-23(38)18-7-3-11-30-18)24(39)34-20(9-10-22(36)37)25(40)35-21(26(41)42)13-15-14-32-17-6-2-1-5-16(15)17/h1-2,5-6,14,18-21,30,32H,3-4,7-13H2,(H,33,38)(H,34,39)(H,35,40)(H,36,37)(H,41,42)(H4,28,29,31). The lowest BCUT2D eigenvalue weighted by atomic mass is 10.0. The number of fused-ring (bicyclic) bond motifs is 1. The van der Waals surface area contributed by atoms with Crippen molar-refractivity contribution in [1.82, 2.24) is 26.3 Å². The SMILES string of the molecule is NC(N)=NCCCC(NC(=O)C1CCCN1)C(=O)NC(CCC(=O)O)C(=O)NC(Cc1c[nH]c2ccccc12)C(=O)O. The molecule has 0 radical (unpaired) electrons. The predicted molar refractivity (Wildman–Crippen MR) is 153 cm³/mol. The largest absolute Gasteiger partial charge is 0.481 e. The number of aromatic amines is 1. The third kappa shape index (κ3) is 9.47. The van der Waals surface area contributed by atoms with Crippen LogP contribution in [0.5, 0.6) is 0 Å². The average Bonchev–Trinajstić information content (AvgIpc) is 3.62. The van der Waals surface area contributed by atoms with Gasteiger partial charge in [-0.2, -0.15) is 0 Å². The maximum absolute atomic E-state index is 13.3. The number of guanidine groups is 1. The number of carboxylic acid groups (broad SMARTS) is 2. The molecular formula is C27H38N8O7. The molecular weight excluding hydrogens is 548 g/mol. The third-order valence-corrected chi connectivity index (χ3v) is 6.95. The Hall–Kier alpha value is -4.66. The fraction of sp³-hybridized carbons (Fsp3) is 0.481. The molecule has 228 valence electrons. The summed E-state index contributed by atoms with van der Waals surface area (Å²) in [5.41, 5.74) is 12.2. The van der Waals surface area contributed by atoms with Crippen LogP contribution in [0.15, 0.2) is 35.5 Å². The molecule has 42 heavy (non-hydrogen) atoms. The number of aromatic nitrogens is 1. The van der Waals surface area contributed by atoms with Crippen molar-refractivity contribution in [3.63, 3.8) is 0 Å². The summed E-state index contributed by atoms with van der Waals surface area (Å²) >= 11 is 0. The number of para-hydroxylation sites is 1. The first-order valence-corrected chi connectivity index (χ1v) is 13.7. The van der Waals surface area contributed by atoms with Gasteiger partial charge in [-0.15, -0.1) is 0 Å². The van der Waals surface area contributed by atoms with E-state index in [1.165, 1.54) is 0 Å². The molecule has 1 fully saturated rings. The fourth-order valence-corrected chi connectivity index (χ4v) is 4.75. The van der Waals surface area contributed by atoms with Crippen molar-refractivity contribution in [2.24, 2.45) is 16.5 Å². The monoisotopic (exact) mass is 586 g/mol. The number of amides is 3. The lowest BCUT2D eigenvalue weighted by molar-refractivity contribution is -0.143. The summed E-state index contributed by atoms with van der Waals surface area (Å²) in [5, 5.41) is 30.5. The van der Waals surface area contributed by atoms with Gasteiger partial charge in [0.25, 0.3) is 0 Å². The number of hydrogen-bond donors (Lipinski definition) is 9. The molecule has 4 atom stereocenters. The lowest BCUT2D eigenvalue weighted by Crippen LogP contribution is -2.57. The molecule has 1 saturated heterocycles. The van der Waals surface area contributed by atoms with E-state index >= 15 is 0 Å². The summed E-state index contributed by atoms with van der Waals surface area (Å²) in [7, 11) is 0. The Morgan fingerprint density at radius 2 is 1.67 bits per heavy atom. The highest BCUT2D eigenvalue weighted by Gasteiger charge is 2.32. The Labute approximate surface area is 241 Å². The molecule has 2 heterocycles. The lowest BCUT2D eigenvalue weighted by Gasteiger charge is -2.25. The van der Waals surface area contributed by atoms with E-state index < -0.39 is 54.3 Å². The van der Waals surface area contributed by atoms with Gasteiger partial charge in [0.1, 0.15) is 18.1 Å². The molecule has 1 aliphatic heterocycles. The molecule has 0 bridgehead atoms. The van der Waals surface area contributed by atoms with Gasteiger partial charge in [0, 0.05) is 36.5 Å². The molecule has 0 aliphatic carbocycles. The molecule has 1 aromatic heterocycles. The van der Waals surface area contributed by atoms with Crippen LogP contribution in [0, 0.1) is 0 Å². The number of nitrogens with zero attached hydrogens (tertiary/aromatic N) is 1. The molecule has 3 amide bonds. The minimum atomic E-state index is -1.37. The summed E-state index contributed by atoms with van der Waals surface area (Å²) in [4.78, 5) is 69.6. The second-order valence-electron chi connectivity index (χ2n) is 10.1. The van der Waals surface area contributed by atoms with E-state index in [-0.39, 0.29) is 37.7 Å². The van der Waals surface area contributed by atoms with Gasteiger partial charge in [-0.25, -0.2) is 4.79 Å². The van der Waals surface area contributed by atoms with Gasteiger partial charge in [-0.3, -0.25) is 24.2 Å². The molecule has 3 rings (SSSR count). The second kappa shape index (κ2) is 15.4. The van der Waals surface area contributed by atoms with Gasteiger partial charge in [0.2, 0.25) is 17.7 Å². The quantitative estimate of drug-likeness (QED) is 0.0653. The van der Waals surface area contributed by atoms with Crippen molar-refractivity contribution in [1.29, 1.82) is 0 Å². The van der Waals surface area contributed by atoms with Crippen LogP contribution >= 0.6 is 0 Å². The van der Waals surface area contributed by atoms with Gasteiger partial charge >= 0.3 is 11.9 Å². The van der Waals surface area contributed by atoms with Crippen molar-refractivity contribution in [2.75, 3.05) is 13.1 Å². The number of aliphatic carboxylic acids is 2. The second-order valence-corrected chi connectivity index (χ2v) is 10.1. The number of hydrogen-bond acceptors (Lipinski definition) is 7. The molecule has 4 unspecified atom stereocenters. The van der Waals surface area contributed by atoms with Crippen LogP contribution in [0.25, 0.3) is 10.9 Å². The Morgan fingerprint density at radius 3 is 2.31 bits per heavy atom. The highest BCUT2D eigenvalue weighted by molar-refractivity contribution is 5.94. The number of aliphatic imine (C=N–C) groups is 1. The summed E-state index contributed by atoms with van der Waals surface area (Å²) in [6.45, 7) is 0.862. The number of carbonyl (C=O) groups is 5. The summed E-state index contributed by atoms with van der Waals surface area (Å²) in [5.74, 6) is -4.59. The van der Waals surface area contributed by atoms with Crippen molar-refractivity contribution < 1.29 is 34.2 Å². The zero-order valence-electron chi connectivity index (χ0n) is 23.1. The van der Waals surface area contributed by atoms with E-state index in [4.69, 9.17) is 11.5 Å². The van der Waals surface area contributed by atoms with Crippen LogP contribution < -0.4 is 32.7 Å². The van der Waals surface area contributed by atoms with Crippen LogP contribution in [0.1, 0.15) is 44.1 Å². The van der Waals surface area contributed by atoms with E-state index in [9.17, 15) is 34.2 Å². The van der Waals surface area contributed by atoms with Crippen molar-refractivity contribution in [3.05, 3.63) is 36.0 Å². The molecule has 15 nitrogen and oxygen atoms in total. The number of rotatable bonds is 16. The predicted octanol–water partition coefficient (Wildman–Crippen LogP) is -1.08. The maximum Gasteiger partial charge on any atom is 0.326 e. The summed E-state index contributed by atoms with van der Waals surface area (Å²) in [6, 6.07) is 3.02. The van der Waals surface area contributed by atoms with Crippen LogP contribution in [-0.4, -0.2) is 88.1 Å². The number of benzene rings is 1. The van der Waals surface area contributed by atoms with Gasteiger partial charge in [-0.1, -0.05) is 18.2 Å². The van der Waals surface area contributed by atoms with Crippen molar-refractivity contribution in [3.8, 4) is 0 Å². The van der Waals surface area contributed by atoms with E-state index in [0.29, 0.717) is 24.9 Å². The van der Waals surface area contributed by atoms with Crippen molar-refractivity contribution in [2.45, 2.75) is 69.1 Å². The summed E-state index contributed by atoms with van der Waals surface area (Å²) < 4.78 is 0. The fourth-order valence-electron chi connectivity index (χ4n) is 4.75. The van der Waals surface area contributed by atoms with E-state index in [1.54, 1.807) is 12.3 Å². The Bertz CT molecular complexity index is 1300. The van der Waals surface area contributed by atoms with Crippen LogP contribution in [0.4, 0.5) is 0 Å². The zero-order valence-corrected chi connectivity index (χ0v) is 23.1. The number of carboxylic acids is 2. The zero-order chi connectivity index (χ0) is 30.6. The normalized spacial score (nSPS) is 16.6. The molecule has 2 aromatic rings. The number of H-pyrrole nitrogens is 1. The minimum Gasteiger partial charge on any atom is -0.481 e. The Kier molecular flexibility index (Phi) is 11.7. The summed E-state index contributed by atoms with van der Waals surface area (Å²) in [6.07, 6.45) is 2.70. The molecule has 1 aromatic carbocycles. The first kappa shape index (κ1) is 31.9. The highest BCUT2D eigenvalue weighted by Crippen LogP contribution is 2.19. The number of nitrogens with one attached hydrogen (secondary N) is 5. The van der Waals surface area contributed by atoms with Gasteiger partial charge < -0.3 is 47.9 Å². The number of nitrogens with two attached hydrogens (primary N) is 2. The van der Waals surface area contributed by atoms with Gasteiger partial charge in [0.05, 0.1) is 6.04 Å². The first-order valence-electron chi connectivity index (χ1n) is 13.7. The van der Waals surface area contributed by atoms with Crippen molar-refractivity contribution >= 4 is 46.5 Å².